The van der Waals surface area contributed by atoms with Crippen molar-refractivity contribution in [1.82, 2.24) is 0 Å². The van der Waals surface area contributed by atoms with Gasteiger partial charge in [0.15, 0.2) is 0 Å². The summed E-state index contributed by atoms with van der Waals surface area (Å²) in [6, 6.07) is 27.1. The Morgan fingerprint density at radius 1 is 0.630 bits per heavy atom. The normalized spacial score (nSPS) is 13.6. The molecular weight excluding hydrogens is 725 g/mol. The maximum Gasteiger partial charge on any atom is -1.00 e. The van der Waals surface area contributed by atoms with Crippen LogP contribution in [-0.4, -0.2) is 3.21 Å². The second kappa shape index (κ2) is 14.0. The van der Waals surface area contributed by atoms with Crippen LogP contribution in [0.1, 0.15) is 87.7 Å². The monoisotopic (exact) mass is 764 g/mol. The van der Waals surface area contributed by atoms with Crippen LogP contribution in [0.15, 0.2) is 94.3 Å². The largest absolute Gasteiger partial charge is 1.00 e. The van der Waals surface area contributed by atoms with Gasteiger partial charge in [-0.25, -0.2) is 0 Å². The van der Waals surface area contributed by atoms with E-state index in [1.807, 2.05) is 24.3 Å². The van der Waals surface area contributed by atoms with Crippen LogP contribution in [0.2, 0.25) is 10.0 Å². The van der Waals surface area contributed by atoms with Crippen molar-refractivity contribution in [3.05, 3.63) is 127 Å². The summed E-state index contributed by atoms with van der Waals surface area (Å²) in [5.74, 6) is 0. The summed E-state index contributed by atoms with van der Waals surface area (Å²) >= 11 is 10.4. The molecule has 0 heterocycles. The van der Waals surface area contributed by atoms with Gasteiger partial charge in [0.05, 0.1) is 0 Å². The van der Waals surface area contributed by atoms with Gasteiger partial charge >= 0.3 is 284 Å². The topological polar surface area (TPSA) is 0 Å². The summed E-state index contributed by atoms with van der Waals surface area (Å²) in [5.41, 5.74) is 13.7. The molecule has 0 radical (unpaired) electrons. The predicted octanol–water partition coefficient (Wildman–Crippen LogP) is 6.67. The Labute approximate surface area is 306 Å². The van der Waals surface area contributed by atoms with Gasteiger partial charge in [-0.2, -0.15) is 0 Å². The molecule has 2 aliphatic rings. The zero-order valence-electron chi connectivity index (χ0n) is 28.0. The molecule has 0 N–H and O–H groups in total. The zero-order valence-corrected chi connectivity index (χ0v) is 33.4. The summed E-state index contributed by atoms with van der Waals surface area (Å²) in [4.78, 5) is 0. The third-order valence-electron chi connectivity index (χ3n) is 9.16. The summed E-state index contributed by atoms with van der Waals surface area (Å²) in [5, 5.41) is 1.55. The number of fused-ring (bicyclic) bond motifs is 3. The summed E-state index contributed by atoms with van der Waals surface area (Å²) in [6.07, 6.45) is 8.15. The van der Waals surface area contributed by atoms with E-state index in [4.69, 9.17) is 23.2 Å². The Morgan fingerprint density at radius 2 is 1.04 bits per heavy atom. The van der Waals surface area contributed by atoms with Gasteiger partial charge < -0.3 is 24.8 Å². The van der Waals surface area contributed by atoms with E-state index in [0.717, 1.165) is 16.5 Å². The molecule has 46 heavy (non-hydrogen) atoms. The minimum atomic E-state index is -2.36. The maximum atomic E-state index is 6.37. The average Bonchev–Trinajstić information content (AvgIpc) is 3.58. The van der Waals surface area contributed by atoms with Gasteiger partial charge in [0.25, 0.3) is 0 Å². The molecule has 2 aliphatic carbocycles. The van der Waals surface area contributed by atoms with E-state index in [9.17, 15) is 0 Å². The van der Waals surface area contributed by atoms with Crippen molar-refractivity contribution >= 4 is 26.4 Å². The molecule has 0 fully saturated rings. The van der Waals surface area contributed by atoms with Crippen molar-refractivity contribution in [3.8, 4) is 33.4 Å². The van der Waals surface area contributed by atoms with Crippen LogP contribution in [0.5, 0.6) is 0 Å². The molecule has 4 aromatic rings. The van der Waals surface area contributed by atoms with Gasteiger partial charge in [0.2, 0.25) is 0 Å². The number of hydrogen-bond acceptors (Lipinski definition) is 0. The van der Waals surface area contributed by atoms with Crippen molar-refractivity contribution < 1.29 is 46.1 Å². The van der Waals surface area contributed by atoms with E-state index >= 15 is 0 Å². The minimum Gasteiger partial charge on any atom is -1.00 e. The van der Waals surface area contributed by atoms with E-state index in [2.05, 4.69) is 122 Å². The van der Waals surface area contributed by atoms with Crippen LogP contribution in [0.3, 0.4) is 0 Å². The number of rotatable bonds is 4. The third-order valence-corrected chi connectivity index (χ3v) is 17.9. The van der Waals surface area contributed by atoms with Crippen LogP contribution in [0.4, 0.5) is 0 Å². The SMILES string of the molecule is C[C](C)=[Zr+2]([C]1=CC=CC1)[CH]1c2cc(-c3ccc(Cl)cc3)c(C(C)(C)C)cc2-c2cc(C(C)(C)C)c(-c3ccc(Cl)cc3)cc21.[Cl-].[Cl-]. The molecule has 0 unspecified atom stereocenters. The minimum absolute atomic E-state index is 0. The maximum absolute atomic E-state index is 6.37. The summed E-state index contributed by atoms with van der Waals surface area (Å²) in [7, 11) is 0. The van der Waals surface area contributed by atoms with Crippen LogP contribution in [-0.2, 0) is 32.1 Å². The zero-order chi connectivity index (χ0) is 31.6. The number of allylic oxidation sites excluding steroid dienone is 4. The third kappa shape index (κ3) is 7.02. The number of halogens is 4. The molecule has 0 aliphatic heterocycles. The first kappa shape index (κ1) is 37.1. The van der Waals surface area contributed by atoms with Gasteiger partial charge in [-0.15, -0.1) is 0 Å². The smallest absolute Gasteiger partial charge is 1.00 e. The molecule has 0 aromatic heterocycles. The molecule has 4 aromatic carbocycles. The molecule has 5 heteroatoms. The standard InChI is InChI=1S/C33H31Cl2.C5H5.C3H6.2ClH.Zr/c1-32(2,3)30-18-26-22(16-28(30)20-7-11-24(34)12-8-20)15-23-17-29(21-9-13-25(35)14-10-21)31(19-27(23)26)33(4,5)6;1-2-4-5-3-1;1-3-2;;;/h7-19H,1-6H3;1-3H,4H2;1-2H3;2*1H;/q;;;;;+2/p-2. The van der Waals surface area contributed by atoms with Gasteiger partial charge in [-0.05, 0) is 0 Å². The first-order chi connectivity index (χ1) is 20.7. The molecule has 0 saturated heterocycles. The molecule has 0 atom stereocenters. The molecule has 238 valence electrons. The van der Waals surface area contributed by atoms with Crippen LogP contribution >= 0.6 is 23.2 Å². The molecule has 0 saturated carbocycles. The molecule has 0 bridgehead atoms. The first-order valence-electron chi connectivity index (χ1n) is 15.7. The van der Waals surface area contributed by atoms with Crippen molar-refractivity contribution in [2.75, 3.05) is 0 Å². The Bertz CT molecular complexity index is 1750. The van der Waals surface area contributed by atoms with Gasteiger partial charge in [-0.1, -0.05) is 0 Å². The fourth-order valence-electron chi connectivity index (χ4n) is 7.08. The molecule has 0 amide bonds. The van der Waals surface area contributed by atoms with E-state index in [-0.39, 0.29) is 35.6 Å². The van der Waals surface area contributed by atoms with Gasteiger partial charge in [0, 0.05) is 0 Å². The fraction of sp³-hybridized carbons (Fsp3) is 0.293. The van der Waals surface area contributed by atoms with E-state index < -0.39 is 21.3 Å². The Balaban J connectivity index is 0.00000240. The average molecular weight is 768 g/mol. The van der Waals surface area contributed by atoms with E-state index in [1.54, 1.807) is 6.49 Å². The fourth-order valence-corrected chi connectivity index (χ4v) is 15.4. The van der Waals surface area contributed by atoms with Crippen LogP contribution in [0, 0.1) is 0 Å². The van der Waals surface area contributed by atoms with Crippen molar-refractivity contribution in [2.24, 2.45) is 0 Å². The van der Waals surface area contributed by atoms with Crippen molar-refractivity contribution in [1.29, 1.82) is 0 Å². The Kier molecular flexibility index (Phi) is 11.3. The van der Waals surface area contributed by atoms with Crippen LogP contribution < -0.4 is 24.8 Å². The molecule has 6 rings (SSSR count). The first-order valence-corrected chi connectivity index (χ1v) is 20.3. The molecule has 0 nitrogen and oxygen atoms in total. The Hall–Kier alpha value is -1.73. The van der Waals surface area contributed by atoms with Gasteiger partial charge in [0.1, 0.15) is 0 Å². The predicted molar refractivity (Wildman–Crippen MR) is 190 cm³/mol. The van der Waals surface area contributed by atoms with Crippen LogP contribution in [0.25, 0.3) is 33.4 Å². The Morgan fingerprint density at radius 3 is 1.37 bits per heavy atom. The van der Waals surface area contributed by atoms with Gasteiger partial charge in [-0.3, -0.25) is 0 Å². The number of benzene rings is 4. The van der Waals surface area contributed by atoms with Crippen molar-refractivity contribution in [3.63, 3.8) is 0 Å². The second-order valence-electron chi connectivity index (χ2n) is 14.7. The quantitative estimate of drug-likeness (QED) is 0.218. The number of hydrogen-bond donors (Lipinski definition) is 0. The van der Waals surface area contributed by atoms with Crippen molar-refractivity contribution in [2.45, 2.75) is 76.3 Å². The second-order valence-corrected chi connectivity index (χ2v) is 23.0. The molecule has 0 spiro atoms. The molecular formula is C41H42Cl4Zr. The summed E-state index contributed by atoms with van der Waals surface area (Å²) < 4.78 is 3.75. The van der Waals surface area contributed by atoms with E-state index in [1.165, 1.54) is 55.6 Å². The van der Waals surface area contributed by atoms with E-state index in [0.29, 0.717) is 3.63 Å². The summed E-state index contributed by atoms with van der Waals surface area (Å²) in [6.45, 7) is 18.8.